The number of fused-ring (bicyclic) bond motifs is 2. The standard InChI is InChI=1S/C50H44N2/c1-35(2)51(44-22-9-6-10-23-44)49-34-43-20-12-11-19-42(43)33-48(49)40-28-26-37(27-29-40)41-21-15-24-45(32-41)52(36(3)4)50-46-25-14-13-18-39(46)30-31-47(50)38-16-7-5-8-17-38/h5-36H,1-4H3. The summed E-state index contributed by atoms with van der Waals surface area (Å²) in [6, 6.07) is 66.8. The molecule has 0 aliphatic carbocycles. The summed E-state index contributed by atoms with van der Waals surface area (Å²) in [6.45, 7) is 9.11. The van der Waals surface area contributed by atoms with Crippen molar-refractivity contribution in [2.45, 2.75) is 39.8 Å². The molecule has 8 aromatic rings. The van der Waals surface area contributed by atoms with E-state index in [1.54, 1.807) is 0 Å². The van der Waals surface area contributed by atoms with Gasteiger partial charge in [-0.05, 0) is 103 Å². The number of rotatable bonds is 9. The summed E-state index contributed by atoms with van der Waals surface area (Å²) in [5.41, 5.74) is 12.1. The van der Waals surface area contributed by atoms with Crippen molar-refractivity contribution < 1.29 is 0 Å². The monoisotopic (exact) mass is 672 g/mol. The largest absolute Gasteiger partial charge is 0.338 e. The van der Waals surface area contributed by atoms with Crippen molar-refractivity contribution in [3.8, 4) is 33.4 Å². The van der Waals surface area contributed by atoms with E-state index in [2.05, 4.69) is 219 Å². The normalized spacial score (nSPS) is 11.4. The van der Waals surface area contributed by atoms with Gasteiger partial charge >= 0.3 is 0 Å². The van der Waals surface area contributed by atoms with Gasteiger partial charge in [-0.1, -0.05) is 146 Å². The van der Waals surface area contributed by atoms with E-state index in [1.165, 1.54) is 77.7 Å². The van der Waals surface area contributed by atoms with Crippen LogP contribution >= 0.6 is 0 Å². The number of nitrogens with zero attached hydrogens (tertiary/aromatic N) is 2. The molecule has 0 saturated carbocycles. The molecule has 0 fully saturated rings. The van der Waals surface area contributed by atoms with Crippen LogP contribution in [0, 0.1) is 0 Å². The molecular weight excluding hydrogens is 629 g/mol. The van der Waals surface area contributed by atoms with Crippen LogP contribution in [-0.4, -0.2) is 12.1 Å². The van der Waals surface area contributed by atoms with Crippen LogP contribution in [0.25, 0.3) is 54.9 Å². The Labute approximate surface area is 308 Å². The summed E-state index contributed by atoms with van der Waals surface area (Å²) in [4.78, 5) is 4.96. The predicted molar refractivity (Wildman–Crippen MR) is 225 cm³/mol. The van der Waals surface area contributed by atoms with Gasteiger partial charge < -0.3 is 9.80 Å². The summed E-state index contributed by atoms with van der Waals surface area (Å²) in [5.74, 6) is 0. The minimum Gasteiger partial charge on any atom is -0.338 e. The van der Waals surface area contributed by atoms with Crippen LogP contribution < -0.4 is 9.80 Å². The van der Waals surface area contributed by atoms with E-state index in [4.69, 9.17) is 0 Å². The molecule has 8 aromatic carbocycles. The highest BCUT2D eigenvalue weighted by Crippen LogP contribution is 2.44. The Morgan fingerprint density at radius 3 is 1.58 bits per heavy atom. The summed E-state index contributed by atoms with van der Waals surface area (Å²) in [6.07, 6.45) is 0. The first kappa shape index (κ1) is 33.0. The SMILES string of the molecule is CC(C)N(c1ccccc1)c1cc2ccccc2cc1-c1ccc(-c2cccc(N(c3c(-c4ccccc4)ccc4ccccc34)C(C)C)c2)cc1. The maximum atomic E-state index is 2.51. The van der Waals surface area contributed by atoms with Gasteiger partial charge in [-0.25, -0.2) is 0 Å². The molecule has 0 aliphatic heterocycles. The molecular formula is C50H44N2. The lowest BCUT2D eigenvalue weighted by atomic mass is 9.94. The zero-order chi connectivity index (χ0) is 35.6. The Morgan fingerprint density at radius 2 is 0.885 bits per heavy atom. The second-order valence-electron chi connectivity index (χ2n) is 14.2. The van der Waals surface area contributed by atoms with Crippen LogP contribution in [0.2, 0.25) is 0 Å². The zero-order valence-electron chi connectivity index (χ0n) is 30.4. The summed E-state index contributed by atoms with van der Waals surface area (Å²) in [5, 5.41) is 4.98. The van der Waals surface area contributed by atoms with Gasteiger partial charge in [-0.15, -0.1) is 0 Å². The molecule has 0 spiro atoms. The minimum atomic E-state index is 0.228. The van der Waals surface area contributed by atoms with Gasteiger partial charge in [0.2, 0.25) is 0 Å². The molecule has 0 bridgehead atoms. The van der Waals surface area contributed by atoms with Crippen LogP contribution in [0.15, 0.2) is 182 Å². The lowest BCUT2D eigenvalue weighted by Gasteiger charge is -2.33. The minimum absolute atomic E-state index is 0.228. The van der Waals surface area contributed by atoms with Crippen LogP contribution in [0.3, 0.4) is 0 Å². The fourth-order valence-corrected chi connectivity index (χ4v) is 7.69. The fraction of sp³-hybridized carbons (Fsp3) is 0.120. The zero-order valence-corrected chi connectivity index (χ0v) is 30.4. The Bertz CT molecular complexity index is 2460. The van der Waals surface area contributed by atoms with E-state index in [-0.39, 0.29) is 12.1 Å². The highest BCUT2D eigenvalue weighted by atomic mass is 15.2. The lowest BCUT2D eigenvalue weighted by molar-refractivity contribution is 0.790. The van der Waals surface area contributed by atoms with Crippen molar-refractivity contribution in [2.75, 3.05) is 9.80 Å². The van der Waals surface area contributed by atoms with Crippen molar-refractivity contribution in [3.63, 3.8) is 0 Å². The van der Waals surface area contributed by atoms with E-state index in [9.17, 15) is 0 Å². The summed E-state index contributed by atoms with van der Waals surface area (Å²) >= 11 is 0. The molecule has 0 atom stereocenters. The Morgan fingerprint density at radius 1 is 0.346 bits per heavy atom. The molecule has 0 aromatic heterocycles. The molecule has 0 aliphatic rings. The van der Waals surface area contributed by atoms with E-state index < -0.39 is 0 Å². The molecule has 0 amide bonds. The molecule has 0 unspecified atom stereocenters. The fourth-order valence-electron chi connectivity index (χ4n) is 7.69. The van der Waals surface area contributed by atoms with Gasteiger partial charge in [0.15, 0.2) is 0 Å². The summed E-state index contributed by atoms with van der Waals surface area (Å²) < 4.78 is 0. The van der Waals surface area contributed by atoms with Crippen molar-refractivity contribution in [2.24, 2.45) is 0 Å². The third-order valence-corrected chi connectivity index (χ3v) is 10.1. The molecule has 0 radical (unpaired) electrons. The van der Waals surface area contributed by atoms with Gasteiger partial charge in [-0.3, -0.25) is 0 Å². The molecule has 254 valence electrons. The highest BCUT2D eigenvalue weighted by molar-refractivity contribution is 6.04. The quantitative estimate of drug-likeness (QED) is 0.151. The van der Waals surface area contributed by atoms with Gasteiger partial charge in [0.25, 0.3) is 0 Å². The van der Waals surface area contributed by atoms with E-state index in [1.807, 2.05) is 0 Å². The number of hydrogen-bond acceptors (Lipinski definition) is 2. The Kier molecular flexibility index (Phi) is 9.05. The number of para-hydroxylation sites is 1. The van der Waals surface area contributed by atoms with Crippen molar-refractivity contribution in [3.05, 3.63) is 182 Å². The average Bonchev–Trinajstić information content (AvgIpc) is 3.18. The highest BCUT2D eigenvalue weighted by Gasteiger charge is 2.22. The topological polar surface area (TPSA) is 6.48 Å². The smallest absolute Gasteiger partial charge is 0.0572 e. The first-order valence-electron chi connectivity index (χ1n) is 18.4. The van der Waals surface area contributed by atoms with Crippen LogP contribution in [-0.2, 0) is 0 Å². The molecule has 2 nitrogen and oxygen atoms in total. The van der Waals surface area contributed by atoms with Gasteiger partial charge in [0.05, 0.1) is 5.69 Å². The third kappa shape index (κ3) is 6.33. The molecule has 52 heavy (non-hydrogen) atoms. The van der Waals surface area contributed by atoms with Gasteiger partial charge in [0, 0.05) is 45.7 Å². The van der Waals surface area contributed by atoms with Crippen molar-refractivity contribution in [1.82, 2.24) is 0 Å². The van der Waals surface area contributed by atoms with Crippen LogP contribution in [0.4, 0.5) is 22.7 Å². The van der Waals surface area contributed by atoms with Crippen molar-refractivity contribution in [1.29, 1.82) is 0 Å². The first-order valence-corrected chi connectivity index (χ1v) is 18.4. The maximum absolute atomic E-state index is 2.51. The van der Waals surface area contributed by atoms with Gasteiger partial charge in [-0.2, -0.15) is 0 Å². The van der Waals surface area contributed by atoms with Crippen LogP contribution in [0.1, 0.15) is 27.7 Å². The maximum Gasteiger partial charge on any atom is 0.0572 e. The Hall–Kier alpha value is -6.12. The van der Waals surface area contributed by atoms with Crippen molar-refractivity contribution >= 4 is 44.3 Å². The molecule has 0 N–H and O–H groups in total. The molecule has 8 rings (SSSR count). The third-order valence-electron chi connectivity index (χ3n) is 10.1. The van der Waals surface area contributed by atoms with E-state index >= 15 is 0 Å². The molecule has 0 saturated heterocycles. The molecule has 2 heteroatoms. The lowest BCUT2D eigenvalue weighted by Crippen LogP contribution is -2.26. The molecule has 0 heterocycles. The number of hydrogen-bond donors (Lipinski definition) is 0. The Balaban J connectivity index is 1.21. The number of benzene rings is 8. The summed E-state index contributed by atoms with van der Waals surface area (Å²) in [7, 11) is 0. The predicted octanol–water partition coefficient (Wildman–Crippen LogP) is 14.1. The average molecular weight is 673 g/mol. The first-order chi connectivity index (χ1) is 25.5. The number of anilines is 4. The van der Waals surface area contributed by atoms with Gasteiger partial charge in [0.1, 0.15) is 0 Å². The van der Waals surface area contributed by atoms with E-state index in [0.717, 1.165) is 0 Å². The second-order valence-corrected chi connectivity index (χ2v) is 14.2. The van der Waals surface area contributed by atoms with E-state index in [0.29, 0.717) is 0 Å². The second kappa shape index (κ2) is 14.2. The van der Waals surface area contributed by atoms with Crippen LogP contribution in [0.5, 0.6) is 0 Å².